The number of carboxylic acid groups (broad SMARTS) is 1. The fourth-order valence-corrected chi connectivity index (χ4v) is 2.11. The number of aromatic carboxylic acids is 1. The van der Waals surface area contributed by atoms with Crippen LogP contribution in [0.15, 0.2) is 6.20 Å². The summed E-state index contributed by atoms with van der Waals surface area (Å²) < 4.78 is 1.81. The van der Waals surface area contributed by atoms with Crippen LogP contribution in [0.2, 0.25) is 0 Å². The zero-order chi connectivity index (χ0) is 9.59. The Morgan fingerprint density at radius 3 is 2.85 bits per heavy atom. The molecule has 2 aromatic rings. The van der Waals surface area contributed by atoms with Crippen LogP contribution in [0.5, 0.6) is 0 Å². The van der Waals surface area contributed by atoms with Crippen molar-refractivity contribution in [3.63, 3.8) is 0 Å². The highest BCUT2D eigenvalue weighted by Gasteiger charge is 2.12. The van der Waals surface area contributed by atoms with Crippen molar-refractivity contribution in [3.05, 3.63) is 22.5 Å². The van der Waals surface area contributed by atoms with Crippen LogP contribution in [0.25, 0.3) is 4.96 Å². The number of carbonyl (C=O) groups is 1. The fourth-order valence-electron chi connectivity index (χ4n) is 1.16. The molecular formula is C8H8N2O2S. The van der Waals surface area contributed by atoms with Crippen LogP contribution in [-0.4, -0.2) is 20.5 Å². The van der Waals surface area contributed by atoms with Gasteiger partial charge in [0.2, 0.25) is 0 Å². The van der Waals surface area contributed by atoms with Gasteiger partial charge in [-0.2, -0.15) is 0 Å². The number of nitrogens with zero attached hydrogens (tertiary/aromatic N) is 2. The third-order valence-electron chi connectivity index (χ3n) is 2.01. The first-order chi connectivity index (χ1) is 6.09. The Kier molecular flexibility index (Phi) is 1.63. The largest absolute Gasteiger partial charge is 0.476 e. The average molecular weight is 196 g/mol. The van der Waals surface area contributed by atoms with Crippen molar-refractivity contribution >= 4 is 22.3 Å². The second-order valence-electron chi connectivity index (χ2n) is 2.83. The quantitative estimate of drug-likeness (QED) is 0.755. The molecule has 0 spiro atoms. The van der Waals surface area contributed by atoms with Crippen LogP contribution >= 0.6 is 11.3 Å². The molecule has 0 aliphatic heterocycles. The number of fused-ring (bicyclic) bond motifs is 1. The zero-order valence-corrected chi connectivity index (χ0v) is 8.05. The van der Waals surface area contributed by atoms with E-state index in [4.69, 9.17) is 5.11 Å². The summed E-state index contributed by atoms with van der Waals surface area (Å²) in [5.74, 6) is -0.979. The Morgan fingerprint density at radius 1 is 1.62 bits per heavy atom. The SMILES string of the molecule is Cc1sc2nc(C(=O)O)cn2c1C. The lowest BCUT2D eigenvalue weighted by Gasteiger charge is -1.88. The molecule has 0 atom stereocenters. The van der Waals surface area contributed by atoms with Crippen molar-refractivity contribution in [3.8, 4) is 0 Å². The molecular weight excluding hydrogens is 188 g/mol. The summed E-state index contributed by atoms with van der Waals surface area (Å²) in [7, 11) is 0. The van der Waals surface area contributed by atoms with Gasteiger partial charge in [0.05, 0.1) is 0 Å². The van der Waals surface area contributed by atoms with Gasteiger partial charge in [0.25, 0.3) is 0 Å². The molecule has 0 radical (unpaired) electrons. The maximum atomic E-state index is 10.6. The molecule has 0 unspecified atom stereocenters. The molecule has 4 nitrogen and oxygen atoms in total. The molecule has 0 aliphatic rings. The second-order valence-corrected chi connectivity index (χ2v) is 4.01. The Hall–Kier alpha value is -1.36. The molecule has 0 fully saturated rings. The van der Waals surface area contributed by atoms with Gasteiger partial charge < -0.3 is 5.11 Å². The minimum atomic E-state index is -0.979. The van der Waals surface area contributed by atoms with Crippen LogP contribution in [0.1, 0.15) is 21.1 Å². The number of aryl methyl sites for hydroxylation is 2. The lowest BCUT2D eigenvalue weighted by molar-refractivity contribution is 0.0691. The van der Waals surface area contributed by atoms with Gasteiger partial charge in [-0.15, -0.1) is 11.3 Å². The highest BCUT2D eigenvalue weighted by molar-refractivity contribution is 7.17. The van der Waals surface area contributed by atoms with Crippen molar-refractivity contribution in [2.24, 2.45) is 0 Å². The lowest BCUT2D eigenvalue weighted by Crippen LogP contribution is -1.95. The number of hydrogen-bond acceptors (Lipinski definition) is 3. The molecule has 2 heterocycles. The molecule has 0 saturated heterocycles. The Labute approximate surface area is 78.5 Å². The van der Waals surface area contributed by atoms with Gasteiger partial charge in [0.1, 0.15) is 0 Å². The van der Waals surface area contributed by atoms with Crippen molar-refractivity contribution in [2.75, 3.05) is 0 Å². The number of hydrogen-bond donors (Lipinski definition) is 1. The van der Waals surface area contributed by atoms with E-state index in [1.165, 1.54) is 16.2 Å². The molecule has 13 heavy (non-hydrogen) atoms. The fraction of sp³-hybridized carbons (Fsp3) is 0.250. The molecule has 2 rings (SSSR count). The first-order valence-electron chi connectivity index (χ1n) is 3.78. The maximum Gasteiger partial charge on any atom is 0.356 e. The number of carboxylic acids is 1. The van der Waals surface area contributed by atoms with Gasteiger partial charge in [0.15, 0.2) is 10.7 Å². The van der Waals surface area contributed by atoms with Gasteiger partial charge in [-0.3, -0.25) is 4.40 Å². The predicted molar refractivity (Wildman–Crippen MR) is 49.5 cm³/mol. The van der Waals surface area contributed by atoms with Crippen LogP contribution < -0.4 is 0 Å². The summed E-state index contributed by atoms with van der Waals surface area (Å²) >= 11 is 1.51. The van der Waals surface area contributed by atoms with Crippen LogP contribution in [0.4, 0.5) is 0 Å². The number of rotatable bonds is 1. The first-order valence-corrected chi connectivity index (χ1v) is 4.59. The molecule has 1 N–H and O–H groups in total. The predicted octanol–water partition coefficient (Wildman–Crippen LogP) is 1.71. The van der Waals surface area contributed by atoms with Gasteiger partial charge in [0, 0.05) is 16.8 Å². The highest BCUT2D eigenvalue weighted by atomic mass is 32.1. The molecule has 0 amide bonds. The van der Waals surface area contributed by atoms with E-state index in [-0.39, 0.29) is 5.69 Å². The standard InChI is InChI=1S/C8H8N2O2S/c1-4-5(2)13-8-9-6(7(11)12)3-10(4)8/h3H,1-2H3,(H,11,12). The summed E-state index contributed by atoms with van der Waals surface area (Å²) in [6.07, 6.45) is 1.55. The Balaban J connectivity index is 2.72. The van der Waals surface area contributed by atoms with Crippen LogP contribution in [0.3, 0.4) is 0 Å². The number of thiazole rings is 1. The molecule has 0 aromatic carbocycles. The summed E-state index contributed by atoms with van der Waals surface area (Å²) in [5, 5.41) is 8.69. The van der Waals surface area contributed by atoms with E-state index >= 15 is 0 Å². The highest BCUT2D eigenvalue weighted by Crippen LogP contribution is 2.21. The summed E-state index contributed by atoms with van der Waals surface area (Å²) in [6, 6.07) is 0. The number of imidazole rings is 1. The molecule has 0 saturated carbocycles. The lowest BCUT2D eigenvalue weighted by atomic mass is 10.4. The summed E-state index contributed by atoms with van der Waals surface area (Å²) in [6.45, 7) is 3.95. The van der Waals surface area contributed by atoms with Crippen molar-refractivity contribution in [1.29, 1.82) is 0 Å². The van der Waals surface area contributed by atoms with Crippen LogP contribution in [-0.2, 0) is 0 Å². The molecule has 0 bridgehead atoms. The third kappa shape index (κ3) is 1.12. The normalized spacial score (nSPS) is 10.9. The molecule has 0 aliphatic carbocycles. The van der Waals surface area contributed by atoms with Gasteiger partial charge >= 0.3 is 5.97 Å². The number of aromatic nitrogens is 2. The Morgan fingerprint density at radius 2 is 2.31 bits per heavy atom. The molecule has 68 valence electrons. The smallest absolute Gasteiger partial charge is 0.356 e. The van der Waals surface area contributed by atoms with E-state index in [2.05, 4.69) is 4.98 Å². The van der Waals surface area contributed by atoms with Crippen LogP contribution in [0, 0.1) is 13.8 Å². The average Bonchev–Trinajstić information content (AvgIpc) is 2.55. The van der Waals surface area contributed by atoms with Crippen molar-refractivity contribution < 1.29 is 9.90 Å². The first kappa shape index (κ1) is 8.25. The zero-order valence-electron chi connectivity index (χ0n) is 7.24. The molecule has 2 aromatic heterocycles. The van der Waals surface area contributed by atoms with E-state index in [0.29, 0.717) is 0 Å². The molecule has 5 heteroatoms. The van der Waals surface area contributed by atoms with Crippen molar-refractivity contribution in [1.82, 2.24) is 9.38 Å². The minimum absolute atomic E-state index is 0.106. The van der Waals surface area contributed by atoms with E-state index in [1.54, 1.807) is 6.20 Å². The van der Waals surface area contributed by atoms with Gasteiger partial charge in [-0.1, -0.05) is 0 Å². The van der Waals surface area contributed by atoms with E-state index in [0.717, 1.165) is 10.7 Å². The third-order valence-corrected chi connectivity index (χ3v) is 3.08. The van der Waals surface area contributed by atoms with E-state index < -0.39 is 5.97 Å². The van der Waals surface area contributed by atoms with Gasteiger partial charge in [-0.05, 0) is 13.8 Å². The topological polar surface area (TPSA) is 54.6 Å². The summed E-state index contributed by atoms with van der Waals surface area (Å²) in [4.78, 5) is 16.5. The minimum Gasteiger partial charge on any atom is -0.476 e. The summed E-state index contributed by atoms with van der Waals surface area (Å²) in [5.41, 5.74) is 1.16. The second kappa shape index (κ2) is 2.56. The maximum absolute atomic E-state index is 10.6. The monoisotopic (exact) mass is 196 g/mol. The van der Waals surface area contributed by atoms with E-state index in [1.807, 2.05) is 18.2 Å². The van der Waals surface area contributed by atoms with E-state index in [9.17, 15) is 4.79 Å². The van der Waals surface area contributed by atoms with Crippen molar-refractivity contribution in [2.45, 2.75) is 13.8 Å². The van der Waals surface area contributed by atoms with Gasteiger partial charge in [-0.25, -0.2) is 9.78 Å². The Bertz CT molecular complexity index is 484.